The van der Waals surface area contributed by atoms with Crippen LogP contribution in [0.25, 0.3) is 0 Å². The third-order valence-electron chi connectivity index (χ3n) is 1.36. The average Bonchev–Trinajstić information content (AvgIpc) is 2.04. The molecule has 0 spiro atoms. The van der Waals surface area contributed by atoms with Gasteiger partial charge in [0.25, 0.3) is 0 Å². The molecule has 3 heteroatoms. The summed E-state index contributed by atoms with van der Waals surface area (Å²) in [5.74, 6) is 0. The standard InChI is InChI=1S/C9H5ClNO/c10-9-4-7(1-2-12)3-8(5-9)6-11/h3-5H,1H2. The van der Waals surface area contributed by atoms with Crippen LogP contribution in [0.4, 0.5) is 0 Å². The Bertz CT molecular complexity index is 341. The van der Waals surface area contributed by atoms with Crippen molar-refractivity contribution in [3.63, 3.8) is 0 Å². The van der Waals surface area contributed by atoms with Crippen LogP contribution in [-0.2, 0) is 11.2 Å². The summed E-state index contributed by atoms with van der Waals surface area (Å²) in [5, 5.41) is 9.02. The molecule has 1 radical (unpaired) electrons. The lowest BCUT2D eigenvalue weighted by Gasteiger charge is -1.96. The Hall–Kier alpha value is -1.33. The normalized spacial score (nSPS) is 9.00. The average molecular weight is 179 g/mol. The van der Waals surface area contributed by atoms with Crippen LogP contribution in [0.1, 0.15) is 11.1 Å². The lowest BCUT2D eigenvalue weighted by atomic mass is 10.1. The van der Waals surface area contributed by atoms with Crippen molar-refractivity contribution < 1.29 is 4.79 Å². The Morgan fingerprint density at radius 1 is 1.42 bits per heavy atom. The molecule has 0 aliphatic heterocycles. The van der Waals surface area contributed by atoms with E-state index in [0.29, 0.717) is 16.1 Å². The van der Waals surface area contributed by atoms with E-state index in [2.05, 4.69) is 0 Å². The molecule has 0 saturated carbocycles. The van der Waals surface area contributed by atoms with Crippen molar-refractivity contribution in [2.45, 2.75) is 6.42 Å². The lowest BCUT2D eigenvalue weighted by Crippen LogP contribution is -1.87. The summed E-state index contributed by atoms with van der Waals surface area (Å²) < 4.78 is 0. The molecule has 0 bridgehead atoms. The summed E-state index contributed by atoms with van der Waals surface area (Å²) in [7, 11) is 0. The first-order valence-corrected chi connectivity index (χ1v) is 3.68. The van der Waals surface area contributed by atoms with E-state index in [-0.39, 0.29) is 6.42 Å². The van der Waals surface area contributed by atoms with Crippen molar-refractivity contribution in [3.05, 3.63) is 34.3 Å². The number of rotatable bonds is 2. The smallest absolute Gasteiger partial charge is 0.203 e. The maximum Gasteiger partial charge on any atom is 0.203 e. The van der Waals surface area contributed by atoms with Crippen molar-refractivity contribution in [3.8, 4) is 6.07 Å². The predicted octanol–water partition coefficient (Wildman–Crippen LogP) is 1.86. The second kappa shape index (κ2) is 3.89. The molecular weight excluding hydrogens is 174 g/mol. The van der Waals surface area contributed by atoms with E-state index in [4.69, 9.17) is 16.9 Å². The van der Waals surface area contributed by atoms with Gasteiger partial charge in [-0.25, -0.2) is 0 Å². The summed E-state index contributed by atoms with van der Waals surface area (Å²) in [6.07, 6.45) is 1.92. The van der Waals surface area contributed by atoms with Crippen LogP contribution < -0.4 is 0 Å². The third-order valence-corrected chi connectivity index (χ3v) is 1.58. The van der Waals surface area contributed by atoms with Crippen LogP contribution in [0.3, 0.4) is 0 Å². The minimum atomic E-state index is 0.176. The van der Waals surface area contributed by atoms with Crippen LogP contribution in [0.2, 0.25) is 5.02 Å². The second-order valence-corrected chi connectivity index (χ2v) is 2.72. The first-order valence-electron chi connectivity index (χ1n) is 3.31. The van der Waals surface area contributed by atoms with Gasteiger partial charge in [-0.1, -0.05) is 11.6 Å². The fraction of sp³-hybridized carbons (Fsp3) is 0.111. The first-order chi connectivity index (χ1) is 5.76. The fourth-order valence-electron chi connectivity index (χ4n) is 0.900. The van der Waals surface area contributed by atoms with Crippen molar-refractivity contribution in [2.75, 3.05) is 0 Å². The summed E-state index contributed by atoms with van der Waals surface area (Å²) >= 11 is 5.68. The molecule has 2 nitrogen and oxygen atoms in total. The molecule has 1 aromatic rings. The molecule has 12 heavy (non-hydrogen) atoms. The molecule has 0 atom stereocenters. The van der Waals surface area contributed by atoms with Gasteiger partial charge in [0.05, 0.1) is 11.6 Å². The highest BCUT2D eigenvalue weighted by Gasteiger charge is 1.98. The van der Waals surface area contributed by atoms with Gasteiger partial charge >= 0.3 is 0 Å². The molecule has 0 N–H and O–H groups in total. The highest BCUT2D eigenvalue weighted by atomic mass is 35.5. The summed E-state index contributed by atoms with van der Waals surface area (Å²) in [6, 6.07) is 6.77. The zero-order chi connectivity index (χ0) is 8.97. The summed E-state index contributed by atoms with van der Waals surface area (Å²) in [4.78, 5) is 10.0. The molecule has 0 amide bonds. The van der Waals surface area contributed by atoms with Gasteiger partial charge in [0.15, 0.2) is 0 Å². The zero-order valence-electron chi connectivity index (χ0n) is 6.17. The highest BCUT2D eigenvalue weighted by Crippen LogP contribution is 2.14. The van der Waals surface area contributed by atoms with Gasteiger partial charge in [-0.3, -0.25) is 4.79 Å². The van der Waals surface area contributed by atoms with Gasteiger partial charge < -0.3 is 0 Å². The van der Waals surface area contributed by atoms with Crippen molar-refractivity contribution in [2.24, 2.45) is 0 Å². The molecule has 59 valence electrons. The topological polar surface area (TPSA) is 40.9 Å². The van der Waals surface area contributed by atoms with E-state index in [9.17, 15) is 4.79 Å². The largest absolute Gasteiger partial charge is 0.291 e. The van der Waals surface area contributed by atoms with Crippen molar-refractivity contribution >= 4 is 17.9 Å². The Morgan fingerprint density at radius 2 is 2.17 bits per heavy atom. The van der Waals surface area contributed by atoms with Gasteiger partial charge in [0.1, 0.15) is 0 Å². The number of nitriles is 1. The molecule has 0 saturated heterocycles. The maximum absolute atomic E-state index is 10.0. The van der Waals surface area contributed by atoms with E-state index < -0.39 is 0 Å². The molecule has 1 aromatic carbocycles. The molecule has 0 aliphatic carbocycles. The molecular formula is C9H5ClNO. The predicted molar refractivity (Wildman–Crippen MR) is 45.6 cm³/mol. The van der Waals surface area contributed by atoms with E-state index >= 15 is 0 Å². The SMILES string of the molecule is N#Cc1cc(Cl)cc(C[C]=O)c1. The lowest BCUT2D eigenvalue weighted by molar-refractivity contribution is 0.555. The minimum Gasteiger partial charge on any atom is -0.291 e. The molecule has 0 unspecified atom stereocenters. The van der Waals surface area contributed by atoms with Gasteiger partial charge in [-0.2, -0.15) is 5.26 Å². The van der Waals surface area contributed by atoms with E-state index in [0.717, 1.165) is 0 Å². The number of halogens is 1. The minimum absolute atomic E-state index is 0.176. The summed E-state index contributed by atoms with van der Waals surface area (Å²) in [6.45, 7) is 0. The van der Waals surface area contributed by atoms with Crippen LogP contribution in [0.15, 0.2) is 18.2 Å². The van der Waals surface area contributed by atoms with Crippen LogP contribution in [0.5, 0.6) is 0 Å². The quantitative estimate of drug-likeness (QED) is 0.694. The number of hydrogen-bond acceptors (Lipinski definition) is 2. The Labute approximate surface area is 75.4 Å². The Morgan fingerprint density at radius 3 is 2.75 bits per heavy atom. The molecule has 0 aromatic heterocycles. The molecule has 0 fully saturated rings. The molecule has 0 aliphatic rings. The fourth-order valence-corrected chi connectivity index (χ4v) is 1.16. The van der Waals surface area contributed by atoms with Gasteiger partial charge in [0, 0.05) is 11.4 Å². The van der Waals surface area contributed by atoms with Crippen molar-refractivity contribution in [1.82, 2.24) is 0 Å². The summed E-state index contributed by atoms with van der Waals surface area (Å²) in [5.41, 5.74) is 1.18. The van der Waals surface area contributed by atoms with Crippen LogP contribution >= 0.6 is 11.6 Å². The highest BCUT2D eigenvalue weighted by molar-refractivity contribution is 6.30. The van der Waals surface area contributed by atoms with E-state index in [1.165, 1.54) is 0 Å². The van der Waals surface area contributed by atoms with E-state index in [1.807, 2.05) is 6.07 Å². The van der Waals surface area contributed by atoms with Crippen LogP contribution in [0, 0.1) is 11.3 Å². The van der Waals surface area contributed by atoms with Crippen LogP contribution in [-0.4, -0.2) is 6.29 Å². The number of nitrogens with zero attached hydrogens (tertiary/aromatic N) is 1. The van der Waals surface area contributed by atoms with Gasteiger partial charge in [-0.05, 0) is 23.8 Å². The third kappa shape index (κ3) is 2.08. The molecule has 1 rings (SSSR count). The zero-order valence-corrected chi connectivity index (χ0v) is 6.93. The number of hydrogen-bond donors (Lipinski definition) is 0. The molecule has 0 heterocycles. The number of carbonyl (C=O) groups excluding carboxylic acids is 1. The maximum atomic E-state index is 10.0. The first kappa shape index (κ1) is 8.76. The Balaban J connectivity index is 3.07. The van der Waals surface area contributed by atoms with Gasteiger partial charge in [0.2, 0.25) is 6.29 Å². The Kier molecular flexibility index (Phi) is 2.84. The van der Waals surface area contributed by atoms with Crippen molar-refractivity contribution in [1.29, 1.82) is 5.26 Å². The van der Waals surface area contributed by atoms with Gasteiger partial charge in [-0.15, -0.1) is 0 Å². The number of benzene rings is 1. The second-order valence-electron chi connectivity index (χ2n) is 2.28. The van der Waals surface area contributed by atoms with E-state index in [1.54, 1.807) is 24.5 Å². The monoisotopic (exact) mass is 178 g/mol.